The maximum Gasteiger partial charge on any atom is 0.337 e. The quantitative estimate of drug-likeness (QED) is 0.465. The second-order valence-electron chi connectivity index (χ2n) is 7.35. The Morgan fingerprint density at radius 1 is 0.903 bits per heavy atom. The van der Waals surface area contributed by atoms with E-state index in [0.717, 1.165) is 0 Å². The SMILES string of the molecule is COC(=O)c1ccc2c(=O)[nH]c(CN(Cc3ccccc3)Cc3ccccc3)nc2c1. The summed E-state index contributed by atoms with van der Waals surface area (Å²) in [6, 6.07) is 25.1. The predicted octanol–water partition coefficient (Wildman–Crippen LogP) is 3.91. The van der Waals surface area contributed by atoms with Crippen molar-refractivity contribution in [2.75, 3.05) is 7.11 Å². The Bertz CT molecular complexity index is 1200. The van der Waals surface area contributed by atoms with Crippen LogP contribution in [0.4, 0.5) is 0 Å². The number of fused-ring (bicyclic) bond motifs is 1. The van der Waals surface area contributed by atoms with Gasteiger partial charge in [-0.05, 0) is 29.3 Å². The average Bonchev–Trinajstić information content (AvgIpc) is 2.79. The molecule has 4 aromatic rings. The number of rotatable bonds is 7. The highest BCUT2D eigenvalue weighted by atomic mass is 16.5. The normalized spacial score (nSPS) is 11.0. The zero-order valence-electron chi connectivity index (χ0n) is 17.2. The first-order valence-electron chi connectivity index (χ1n) is 10.0. The van der Waals surface area contributed by atoms with Crippen LogP contribution in [0.5, 0.6) is 0 Å². The van der Waals surface area contributed by atoms with E-state index in [1.54, 1.807) is 18.2 Å². The maximum absolute atomic E-state index is 12.6. The number of ether oxygens (including phenoxy) is 1. The van der Waals surface area contributed by atoms with Gasteiger partial charge in [0.15, 0.2) is 0 Å². The van der Waals surface area contributed by atoms with Crippen molar-refractivity contribution in [2.45, 2.75) is 19.6 Å². The second kappa shape index (κ2) is 9.36. The minimum Gasteiger partial charge on any atom is -0.465 e. The van der Waals surface area contributed by atoms with E-state index in [0.29, 0.717) is 41.9 Å². The Kier molecular flexibility index (Phi) is 6.19. The monoisotopic (exact) mass is 413 g/mol. The molecule has 0 unspecified atom stereocenters. The highest BCUT2D eigenvalue weighted by molar-refractivity contribution is 5.93. The molecule has 0 bridgehead atoms. The fraction of sp³-hybridized carbons (Fsp3) is 0.160. The summed E-state index contributed by atoms with van der Waals surface area (Å²) in [7, 11) is 1.33. The number of benzene rings is 3. The Balaban J connectivity index is 1.66. The van der Waals surface area contributed by atoms with Crippen molar-refractivity contribution in [1.29, 1.82) is 0 Å². The van der Waals surface area contributed by atoms with E-state index in [-0.39, 0.29) is 5.56 Å². The minimum atomic E-state index is -0.458. The van der Waals surface area contributed by atoms with Crippen LogP contribution in [0.25, 0.3) is 10.9 Å². The van der Waals surface area contributed by atoms with Crippen molar-refractivity contribution in [3.63, 3.8) is 0 Å². The van der Waals surface area contributed by atoms with Gasteiger partial charge in [0, 0.05) is 13.1 Å². The molecule has 0 saturated heterocycles. The van der Waals surface area contributed by atoms with E-state index in [2.05, 4.69) is 39.1 Å². The molecular formula is C25H23N3O3. The third-order valence-corrected chi connectivity index (χ3v) is 5.05. The molecule has 0 saturated carbocycles. The summed E-state index contributed by atoms with van der Waals surface area (Å²) < 4.78 is 4.78. The molecule has 0 aliphatic heterocycles. The van der Waals surface area contributed by atoms with Crippen LogP contribution < -0.4 is 5.56 Å². The van der Waals surface area contributed by atoms with Gasteiger partial charge in [0.05, 0.1) is 30.1 Å². The Hall–Kier alpha value is -3.77. The lowest BCUT2D eigenvalue weighted by Gasteiger charge is -2.22. The lowest BCUT2D eigenvalue weighted by Crippen LogP contribution is -2.25. The van der Waals surface area contributed by atoms with E-state index in [1.807, 2.05) is 36.4 Å². The molecule has 0 fully saturated rings. The number of carbonyl (C=O) groups excluding carboxylic acids is 1. The molecular weight excluding hydrogens is 390 g/mol. The number of methoxy groups -OCH3 is 1. The summed E-state index contributed by atoms with van der Waals surface area (Å²) >= 11 is 0. The first kappa shape index (κ1) is 20.5. The molecule has 6 nitrogen and oxygen atoms in total. The summed E-state index contributed by atoms with van der Waals surface area (Å²) in [6.45, 7) is 1.87. The van der Waals surface area contributed by atoms with Gasteiger partial charge in [-0.3, -0.25) is 9.69 Å². The zero-order valence-corrected chi connectivity index (χ0v) is 17.2. The van der Waals surface area contributed by atoms with Gasteiger partial charge in [-0.15, -0.1) is 0 Å². The lowest BCUT2D eigenvalue weighted by atomic mass is 10.1. The fourth-order valence-electron chi connectivity index (χ4n) is 3.57. The van der Waals surface area contributed by atoms with Crippen LogP contribution in [-0.4, -0.2) is 27.9 Å². The van der Waals surface area contributed by atoms with E-state index < -0.39 is 5.97 Å². The van der Waals surface area contributed by atoms with Crippen LogP contribution in [0.2, 0.25) is 0 Å². The van der Waals surface area contributed by atoms with Gasteiger partial charge < -0.3 is 9.72 Å². The third kappa shape index (κ3) is 5.05. The van der Waals surface area contributed by atoms with Crippen LogP contribution in [-0.2, 0) is 24.4 Å². The molecule has 1 heterocycles. The van der Waals surface area contributed by atoms with Crippen molar-refractivity contribution in [3.8, 4) is 0 Å². The number of hydrogen-bond acceptors (Lipinski definition) is 5. The van der Waals surface area contributed by atoms with Crippen LogP contribution in [0, 0.1) is 0 Å². The van der Waals surface area contributed by atoms with Crippen molar-refractivity contribution in [2.24, 2.45) is 0 Å². The first-order valence-corrected chi connectivity index (χ1v) is 10.0. The molecule has 0 radical (unpaired) electrons. The smallest absolute Gasteiger partial charge is 0.337 e. The second-order valence-corrected chi connectivity index (χ2v) is 7.35. The van der Waals surface area contributed by atoms with Crippen LogP contribution in [0.15, 0.2) is 83.7 Å². The Morgan fingerprint density at radius 3 is 2.10 bits per heavy atom. The summed E-state index contributed by atoms with van der Waals surface area (Å²) in [5.41, 5.74) is 2.96. The Morgan fingerprint density at radius 2 is 1.52 bits per heavy atom. The molecule has 31 heavy (non-hydrogen) atoms. The van der Waals surface area contributed by atoms with Crippen LogP contribution in [0.1, 0.15) is 27.3 Å². The Labute approximate surface area is 180 Å². The molecule has 1 aromatic heterocycles. The number of H-pyrrole nitrogens is 1. The molecule has 4 rings (SSSR count). The summed E-state index contributed by atoms with van der Waals surface area (Å²) in [4.78, 5) is 34.2. The van der Waals surface area contributed by atoms with E-state index in [9.17, 15) is 9.59 Å². The van der Waals surface area contributed by atoms with E-state index >= 15 is 0 Å². The van der Waals surface area contributed by atoms with Gasteiger partial charge in [-0.1, -0.05) is 60.7 Å². The predicted molar refractivity (Wildman–Crippen MR) is 120 cm³/mol. The molecule has 0 spiro atoms. The molecule has 0 aliphatic carbocycles. The van der Waals surface area contributed by atoms with Gasteiger partial charge >= 0.3 is 5.97 Å². The largest absolute Gasteiger partial charge is 0.465 e. The molecule has 1 N–H and O–H groups in total. The number of carbonyl (C=O) groups is 1. The van der Waals surface area contributed by atoms with Crippen molar-refractivity contribution in [3.05, 3.63) is 112 Å². The van der Waals surface area contributed by atoms with Crippen LogP contribution >= 0.6 is 0 Å². The first-order chi connectivity index (χ1) is 15.1. The summed E-state index contributed by atoms with van der Waals surface area (Å²) in [6.07, 6.45) is 0. The number of esters is 1. The highest BCUT2D eigenvalue weighted by Crippen LogP contribution is 2.15. The van der Waals surface area contributed by atoms with Crippen molar-refractivity contribution < 1.29 is 9.53 Å². The average molecular weight is 413 g/mol. The number of nitrogens with zero attached hydrogens (tertiary/aromatic N) is 2. The fourth-order valence-corrected chi connectivity index (χ4v) is 3.57. The minimum absolute atomic E-state index is 0.226. The molecule has 6 heteroatoms. The van der Waals surface area contributed by atoms with Gasteiger partial charge in [-0.2, -0.15) is 0 Å². The number of hydrogen-bond donors (Lipinski definition) is 1. The maximum atomic E-state index is 12.6. The molecule has 0 aliphatic rings. The lowest BCUT2D eigenvalue weighted by molar-refractivity contribution is 0.0601. The topological polar surface area (TPSA) is 75.3 Å². The van der Waals surface area contributed by atoms with Gasteiger partial charge in [0.25, 0.3) is 5.56 Å². The third-order valence-electron chi connectivity index (χ3n) is 5.05. The van der Waals surface area contributed by atoms with Crippen molar-refractivity contribution >= 4 is 16.9 Å². The van der Waals surface area contributed by atoms with Gasteiger partial charge in [0.1, 0.15) is 5.82 Å². The standard InChI is InChI=1S/C25H23N3O3/c1-31-25(30)20-12-13-21-22(14-20)26-23(27-24(21)29)17-28(15-18-8-4-2-5-9-18)16-19-10-6-3-7-11-19/h2-14H,15-17H2,1H3,(H,26,27,29). The molecule has 0 amide bonds. The number of aromatic amines is 1. The van der Waals surface area contributed by atoms with E-state index in [4.69, 9.17) is 4.74 Å². The number of nitrogens with one attached hydrogen (secondary N) is 1. The van der Waals surface area contributed by atoms with E-state index in [1.165, 1.54) is 18.2 Å². The van der Waals surface area contributed by atoms with Gasteiger partial charge in [-0.25, -0.2) is 9.78 Å². The van der Waals surface area contributed by atoms with Gasteiger partial charge in [0.2, 0.25) is 0 Å². The summed E-state index contributed by atoms with van der Waals surface area (Å²) in [5, 5.41) is 0.439. The highest BCUT2D eigenvalue weighted by Gasteiger charge is 2.13. The molecule has 156 valence electrons. The van der Waals surface area contributed by atoms with Crippen LogP contribution in [0.3, 0.4) is 0 Å². The summed E-state index contributed by atoms with van der Waals surface area (Å²) in [5.74, 6) is 0.0895. The zero-order chi connectivity index (χ0) is 21.6. The number of aromatic nitrogens is 2. The van der Waals surface area contributed by atoms with Crippen molar-refractivity contribution in [1.82, 2.24) is 14.9 Å². The molecule has 0 atom stereocenters. The molecule has 3 aromatic carbocycles.